The number of fused-ring (bicyclic) bond motifs is 1. The summed E-state index contributed by atoms with van der Waals surface area (Å²) in [7, 11) is 3.09. The molecule has 0 unspecified atom stereocenters. The summed E-state index contributed by atoms with van der Waals surface area (Å²) in [5.74, 6) is 0.372. The van der Waals surface area contributed by atoms with E-state index in [0.717, 1.165) is 27.9 Å². The molecule has 4 aromatic rings. The van der Waals surface area contributed by atoms with Crippen LogP contribution in [0, 0.1) is 12.7 Å². The van der Waals surface area contributed by atoms with E-state index in [4.69, 9.17) is 9.47 Å². The van der Waals surface area contributed by atoms with Crippen molar-refractivity contribution < 1.29 is 23.5 Å². The van der Waals surface area contributed by atoms with Crippen LogP contribution in [0.3, 0.4) is 0 Å². The Hall–Kier alpha value is -4.97. The maximum atomic E-state index is 15.1. The quantitative estimate of drug-likeness (QED) is 0.263. The number of ether oxygens (including phenoxy) is 2. The number of aromatic nitrogens is 3. The average molecular weight is 642 g/mol. The second-order valence-corrected chi connectivity index (χ2v) is 12.0. The van der Waals surface area contributed by atoms with Gasteiger partial charge in [-0.3, -0.25) is 24.6 Å². The monoisotopic (exact) mass is 641 g/mol. The molecule has 11 nitrogen and oxygen atoms in total. The molecule has 246 valence electrons. The predicted octanol–water partition coefficient (Wildman–Crippen LogP) is 4.11. The highest BCUT2D eigenvalue weighted by Crippen LogP contribution is 2.30. The van der Waals surface area contributed by atoms with E-state index in [1.807, 2.05) is 45.9 Å². The van der Waals surface area contributed by atoms with Crippen molar-refractivity contribution in [3.63, 3.8) is 0 Å². The Morgan fingerprint density at radius 3 is 2.60 bits per heavy atom. The van der Waals surface area contributed by atoms with Crippen LogP contribution >= 0.6 is 0 Å². The molecule has 12 heteroatoms. The van der Waals surface area contributed by atoms with Gasteiger partial charge in [0.1, 0.15) is 17.3 Å². The van der Waals surface area contributed by atoms with Gasteiger partial charge >= 0.3 is 0 Å². The first kappa shape index (κ1) is 32.0. The fourth-order valence-electron chi connectivity index (χ4n) is 6.56. The van der Waals surface area contributed by atoms with Gasteiger partial charge in [-0.2, -0.15) is 5.10 Å². The summed E-state index contributed by atoms with van der Waals surface area (Å²) in [5.41, 5.74) is 4.23. The van der Waals surface area contributed by atoms with Crippen molar-refractivity contribution in [2.75, 3.05) is 46.9 Å². The predicted molar refractivity (Wildman–Crippen MR) is 176 cm³/mol. The number of likely N-dealkylation sites (tertiary alicyclic amines) is 1. The number of hydrogen-bond acceptors (Lipinski definition) is 8. The number of methoxy groups -OCH3 is 2. The highest BCUT2D eigenvalue weighted by molar-refractivity contribution is 6.01. The lowest BCUT2D eigenvalue weighted by Crippen LogP contribution is -2.59. The fraction of sp³-hybridized carbons (Fsp3) is 0.371. The van der Waals surface area contributed by atoms with E-state index >= 15 is 4.39 Å². The van der Waals surface area contributed by atoms with Crippen molar-refractivity contribution in [2.24, 2.45) is 0 Å². The molecule has 6 rings (SSSR count). The smallest absolute Gasteiger partial charge is 0.251 e. The van der Waals surface area contributed by atoms with Gasteiger partial charge in [-0.25, -0.2) is 4.39 Å². The number of nitrogens with zero attached hydrogens (tertiary/aromatic N) is 5. The number of nitrogens with one attached hydrogen (secondary N) is 2. The Labute approximate surface area is 273 Å². The average Bonchev–Trinajstić information content (AvgIpc) is 3.52. The number of benzene rings is 2. The molecular formula is C35H40FN7O4. The third kappa shape index (κ3) is 6.78. The van der Waals surface area contributed by atoms with Crippen LogP contribution in [0.25, 0.3) is 22.2 Å². The third-order valence-corrected chi connectivity index (χ3v) is 9.14. The molecule has 2 aliphatic heterocycles. The number of carbonyl (C=O) groups is 2. The number of aryl methyl sites for hydroxylation is 1. The van der Waals surface area contributed by atoms with Crippen molar-refractivity contribution in [2.45, 2.75) is 38.4 Å². The lowest BCUT2D eigenvalue weighted by molar-refractivity contribution is -0.140. The molecule has 2 amide bonds. The number of aromatic amines is 1. The molecule has 4 heterocycles. The number of hydrogen-bond donors (Lipinski definition) is 2. The molecule has 2 atom stereocenters. The summed E-state index contributed by atoms with van der Waals surface area (Å²) in [6.45, 7) is 8.69. The van der Waals surface area contributed by atoms with Crippen LogP contribution in [-0.4, -0.2) is 101 Å². The lowest BCUT2D eigenvalue weighted by atomic mass is 9.95. The van der Waals surface area contributed by atoms with Gasteiger partial charge in [0.05, 0.1) is 25.8 Å². The van der Waals surface area contributed by atoms with E-state index in [2.05, 4.69) is 27.1 Å². The minimum atomic E-state index is -0.474. The molecule has 2 fully saturated rings. The summed E-state index contributed by atoms with van der Waals surface area (Å²) in [6.07, 6.45) is 2.85. The molecule has 2 aromatic carbocycles. The topological polar surface area (TPSA) is 116 Å². The summed E-state index contributed by atoms with van der Waals surface area (Å²) >= 11 is 0. The zero-order valence-corrected chi connectivity index (χ0v) is 27.0. The zero-order valence-electron chi connectivity index (χ0n) is 27.0. The van der Waals surface area contributed by atoms with Gasteiger partial charge in [0.2, 0.25) is 5.91 Å². The molecule has 0 bridgehead atoms. The summed E-state index contributed by atoms with van der Waals surface area (Å²) < 4.78 is 25.9. The number of amides is 2. The largest absolute Gasteiger partial charge is 0.496 e. The molecule has 0 radical (unpaired) electrons. The molecule has 0 spiro atoms. The number of piperazine rings is 1. The highest BCUT2D eigenvalue weighted by atomic mass is 19.1. The molecule has 2 aliphatic rings. The number of piperidine rings is 1. The zero-order chi connectivity index (χ0) is 33.1. The maximum Gasteiger partial charge on any atom is 0.251 e. The molecular weight excluding hydrogens is 601 g/mol. The van der Waals surface area contributed by atoms with Gasteiger partial charge in [-0.15, -0.1) is 0 Å². The van der Waals surface area contributed by atoms with Gasteiger partial charge in [0, 0.05) is 79.3 Å². The van der Waals surface area contributed by atoms with E-state index in [1.165, 1.54) is 13.2 Å². The number of rotatable bonds is 9. The molecule has 2 aromatic heterocycles. The van der Waals surface area contributed by atoms with Crippen molar-refractivity contribution in [1.82, 2.24) is 35.2 Å². The molecule has 2 saturated heterocycles. The SMILES string of the molecule is C=C(OC)N1CCN(C(=O)[C@@H]2CC[C@@H](NC(=O)c3ccc4[nH]nc(-c5ccnc(C)c5)c4c3)CN2Cc2c(F)cccc2OC)CC1. The van der Waals surface area contributed by atoms with Crippen molar-refractivity contribution >= 4 is 22.7 Å². The van der Waals surface area contributed by atoms with Crippen LogP contribution in [0.15, 0.2) is 67.2 Å². The van der Waals surface area contributed by atoms with Crippen LogP contribution in [0.5, 0.6) is 5.75 Å². The maximum absolute atomic E-state index is 15.1. The molecule has 0 aliphatic carbocycles. The van der Waals surface area contributed by atoms with Crippen LogP contribution in [0.1, 0.15) is 34.5 Å². The second-order valence-electron chi connectivity index (χ2n) is 12.0. The summed E-state index contributed by atoms with van der Waals surface area (Å²) in [6, 6.07) is 13.3. The van der Waals surface area contributed by atoms with Crippen LogP contribution in [-0.2, 0) is 16.1 Å². The van der Waals surface area contributed by atoms with Crippen LogP contribution in [0.2, 0.25) is 0 Å². The summed E-state index contributed by atoms with van der Waals surface area (Å²) in [5, 5.41) is 11.6. The first-order valence-electron chi connectivity index (χ1n) is 15.8. The molecule has 2 N–H and O–H groups in total. The minimum absolute atomic E-state index is 0.00273. The molecule has 0 saturated carbocycles. The van der Waals surface area contributed by atoms with Gasteiger partial charge < -0.3 is 24.6 Å². The number of H-pyrrole nitrogens is 1. The Morgan fingerprint density at radius 2 is 1.85 bits per heavy atom. The van der Waals surface area contributed by atoms with Gasteiger partial charge in [-0.05, 0) is 68.8 Å². The van der Waals surface area contributed by atoms with E-state index in [0.29, 0.717) is 68.3 Å². The first-order chi connectivity index (χ1) is 22.7. The third-order valence-electron chi connectivity index (χ3n) is 9.14. The number of halogens is 1. The lowest BCUT2D eigenvalue weighted by Gasteiger charge is -2.43. The normalized spacial score (nSPS) is 18.6. The number of carbonyl (C=O) groups excluding carboxylic acids is 2. The fourth-order valence-corrected chi connectivity index (χ4v) is 6.56. The van der Waals surface area contributed by atoms with Crippen molar-refractivity contribution in [3.8, 4) is 17.0 Å². The van der Waals surface area contributed by atoms with E-state index < -0.39 is 11.9 Å². The first-order valence-corrected chi connectivity index (χ1v) is 15.8. The highest BCUT2D eigenvalue weighted by Gasteiger charge is 2.37. The second kappa shape index (κ2) is 13.8. The van der Waals surface area contributed by atoms with E-state index in [1.54, 1.807) is 31.5 Å². The van der Waals surface area contributed by atoms with Gasteiger partial charge in [-0.1, -0.05) is 6.07 Å². The van der Waals surface area contributed by atoms with Gasteiger partial charge in [0.25, 0.3) is 5.91 Å². The standard InChI is InChI=1S/C35H40FN7O4/c1-22-18-24(12-13-37-22)33-27-19-25(8-10-30(27)39-40-33)34(44)38-26-9-11-31(35(45)42-16-14-41(15-17-42)23(2)46-3)43(20-26)21-28-29(36)6-5-7-32(28)47-4/h5-8,10,12-13,18-19,26,31H,2,9,11,14-17,20-21H2,1,3-4H3,(H,38,44)(H,39,40)/t26-,31+/m1/s1. The van der Waals surface area contributed by atoms with Gasteiger partial charge in [0.15, 0.2) is 5.88 Å². The van der Waals surface area contributed by atoms with E-state index in [9.17, 15) is 9.59 Å². The van der Waals surface area contributed by atoms with E-state index in [-0.39, 0.29) is 24.4 Å². The van der Waals surface area contributed by atoms with Crippen molar-refractivity contribution in [1.29, 1.82) is 0 Å². The molecule has 47 heavy (non-hydrogen) atoms. The Morgan fingerprint density at radius 1 is 1.06 bits per heavy atom. The summed E-state index contributed by atoms with van der Waals surface area (Å²) in [4.78, 5) is 37.7. The van der Waals surface area contributed by atoms with Crippen molar-refractivity contribution in [3.05, 3.63) is 89.8 Å². The van der Waals surface area contributed by atoms with Crippen LogP contribution in [0.4, 0.5) is 4.39 Å². The van der Waals surface area contributed by atoms with Crippen LogP contribution < -0.4 is 10.1 Å². The minimum Gasteiger partial charge on any atom is -0.496 e. The Balaban J connectivity index is 1.20. The Kier molecular flexibility index (Phi) is 9.39. The number of pyridine rings is 1. The Bertz CT molecular complexity index is 1780.